The van der Waals surface area contributed by atoms with Crippen LogP contribution in [0.1, 0.15) is 110 Å². The summed E-state index contributed by atoms with van der Waals surface area (Å²) >= 11 is 2.15. The van der Waals surface area contributed by atoms with Gasteiger partial charge in [-0.3, -0.25) is 14.4 Å². The molecular formula is C62H77N9O11S2Si2. The molecule has 3 amide bonds. The summed E-state index contributed by atoms with van der Waals surface area (Å²) in [7, 11) is -5.18. The minimum absolute atomic E-state index is 0.00796. The average molecular weight is 1240 g/mol. The van der Waals surface area contributed by atoms with Crippen LogP contribution in [0.3, 0.4) is 0 Å². The summed E-state index contributed by atoms with van der Waals surface area (Å²) in [6.07, 6.45) is 1.57. The maximum atomic E-state index is 13.7. The van der Waals surface area contributed by atoms with E-state index in [2.05, 4.69) is 27.8 Å². The lowest BCUT2D eigenvalue weighted by molar-refractivity contribution is -0.172. The molecule has 1 aliphatic heterocycles. The third-order valence-electron chi connectivity index (χ3n) is 13.6. The van der Waals surface area contributed by atoms with Gasteiger partial charge in [-0.15, -0.1) is 5.06 Å². The van der Waals surface area contributed by atoms with Crippen LogP contribution in [0.2, 0.25) is 12.1 Å². The number of amides is 3. The number of imide groups is 1. The fourth-order valence-electron chi connectivity index (χ4n) is 9.50. The maximum Gasteiger partial charge on any atom is 0.500 e. The number of nitrogens with zero attached hydrogens (tertiary/aromatic N) is 7. The number of nitrogens with two attached hydrogens (primary N) is 1. The number of hydrogen-bond donors (Lipinski definition) is 2. The van der Waals surface area contributed by atoms with Crippen LogP contribution in [0.25, 0.3) is 66.8 Å². The van der Waals surface area contributed by atoms with Gasteiger partial charge in [0.2, 0.25) is 0 Å². The molecule has 1 saturated heterocycles. The fourth-order valence-corrected chi connectivity index (χ4v) is 15.9. The molecular weight excluding hydrogens is 1170 g/mol. The topological polar surface area (TPSA) is 252 Å². The quantitative estimate of drug-likeness (QED) is 0.0290. The number of rotatable bonds is 26. The van der Waals surface area contributed by atoms with E-state index in [1.807, 2.05) is 166 Å². The maximum absolute atomic E-state index is 13.7. The number of benzene rings is 4. The number of carbonyl (C=O) groups is 4. The van der Waals surface area contributed by atoms with Crippen LogP contribution in [-0.2, 0) is 41.0 Å². The molecule has 86 heavy (non-hydrogen) atoms. The van der Waals surface area contributed by atoms with E-state index in [9.17, 15) is 19.2 Å². The number of aryl methyl sites for hydroxylation is 4. The molecule has 24 heteroatoms. The molecule has 0 unspecified atom stereocenters. The van der Waals surface area contributed by atoms with Crippen molar-refractivity contribution < 1.29 is 50.6 Å². The van der Waals surface area contributed by atoms with Crippen molar-refractivity contribution in [3.63, 3.8) is 0 Å². The number of aromatic nitrogens is 6. The minimum atomic E-state index is -2.78. The normalized spacial score (nSPS) is 12.5. The highest BCUT2D eigenvalue weighted by Gasteiger charge is 2.41. The lowest BCUT2D eigenvalue weighted by Crippen LogP contribution is -2.46. The monoisotopic (exact) mass is 1240 g/mol. The highest BCUT2D eigenvalue weighted by Crippen LogP contribution is 2.38. The van der Waals surface area contributed by atoms with Gasteiger partial charge in [-0.05, 0) is 99.8 Å². The van der Waals surface area contributed by atoms with Crippen molar-refractivity contribution in [3.05, 3.63) is 131 Å². The number of fused-ring (bicyclic) bond motifs is 2. The third kappa shape index (κ3) is 16.8. The number of pyridine rings is 2. The molecule has 1 fully saturated rings. The Morgan fingerprint density at radius 1 is 0.500 bits per heavy atom. The van der Waals surface area contributed by atoms with Crippen molar-refractivity contribution in [2.75, 3.05) is 52.7 Å². The Balaban J connectivity index is 0.000000204. The third-order valence-corrected chi connectivity index (χ3v) is 20.9. The Morgan fingerprint density at radius 2 is 0.837 bits per heavy atom. The number of hydroxylamine groups is 2. The van der Waals surface area contributed by atoms with E-state index < -0.39 is 35.4 Å². The van der Waals surface area contributed by atoms with Crippen molar-refractivity contribution in [2.45, 2.75) is 107 Å². The van der Waals surface area contributed by atoms with Gasteiger partial charge in [0.15, 0.2) is 5.69 Å². The van der Waals surface area contributed by atoms with Crippen LogP contribution in [0.5, 0.6) is 0 Å². The lowest BCUT2D eigenvalue weighted by Gasteiger charge is -2.28. The van der Waals surface area contributed by atoms with Crippen LogP contribution in [0.4, 0.5) is 0 Å². The van der Waals surface area contributed by atoms with Gasteiger partial charge in [-0.2, -0.15) is 17.5 Å². The van der Waals surface area contributed by atoms with Crippen LogP contribution in [0, 0.1) is 27.7 Å². The summed E-state index contributed by atoms with van der Waals surface area (Å²) in [5, 5.41) is 3.60. The molecule has 0 spiro atoms. The molecule has 3 N–H and O–H groups in total. The molecule has 0 bridgehead atoms. The van der Waals surface area contributed by atoms with E-state index in [1.54, 1.807) is 0 Å². The van der Waals surface area contributed by atoms with Gasteiger partial charge in [0.1, 0.15) is 39.1 Å². The van der Waals surface area contributed by atoms with Gasteiger partial charge in [0.25, 0.3) is 17.7 Å². The summed E-state index contributed by atoms with van der Waals surface area (Å²) in [5.41, 5.74) is 18.1. The van der Waals surface area contributed by atoms with Crippen LogP contribution in [-0.4, -0.2) is 127 Å². The zero-order valence-electron chi connectivity index (χ0n) is 50.7. The molecule has 1 aliphatic rings. The zero-order chi connectivity index (χ0) is 61.8. The van der Waals surface area contributed by atoms with Gasteiger partial charge in [0, 0.05) is 93.4 Å². The average Bonchev–Trinajstić information content (AvgIpc) is 2.02. The minimum Gasteiger partial charge on any atom is -0.374 e. The lowest BCUT2D eigenvalue weighted by atomic mass is 9.98. The SMILES string of the molecule is CCO[Si](CCCN)(OCC)OCC.CCO[Si](CCCNC(=O)c1nc(-c2ccc(C)cc2)c2nsnc2c1-c1ccc(C)cc1)(OCC)OCC.Cc1ccc(-c2nc(C(=O)ON3C(=O)CCC3=O)c(-c3ccc(C)cc3)c3nsnc23)cc1. The Labute approximate surface area is 513 Å². The Morgan fingerprint density at radius 3 is 1.21 bits per heavy atom. The van der Waals surface area contributed by atoms with E-state index in [4.69, 9.17) is 42.1 Å². The molecule has 4 aromatic carbocycles. The summed E-state index contributed by atoms with van der Waals surface area (Å²) in [5.74, 6) is -2.27. The van der Waals surface area contributed by atoms with Gasteiger partial charge >= 0.3 is 23.6 Å². The summed E-state index contributed by atoms with van der Waals surface area (Å²) in [4.78, 5) is 65.8. The molecule has 0 atom stereocenters. The second-order valence-electron chi connectivity index (χ2n) is 19.9. The molecule has 0 aliphatic carbocycles. The predicted molar refractivity (Wildman–Crippen MR) is 339 cm³/mol. The van der Waals surface area contributed by atoms with Crippen molar-refractivity contribution >= 4 is 86.8 Å². The molecule has 4 aromatic heterocycles. The second kappa shape index (κ2) is 32.2. The zero-order valence-corrected chi connectivity index (χ0v) is 54.3. The van der Waals surface area contributed by atoms with E-state index in [-0.39, 0.29) is 24.4 Å². The van der Waals surface area contributed by atoms with Gasteiger partial charge in [-0.1, -0.05) is 119 Å². The summed E-state index contributed by atoms with van der Waals surface area (Å²) in [6.45, 7) is 24.3. The summed E-state index contributed by atoms with van der Waals surface area (Å²) in [6, 6.07) is 32.8. The second-order valence-corrected chi connectivity index (χ2v) is 26.5. The van der Waals surface area contributed by atoms with Crippen molar-refractivity contribution in [3.8, 4) is 44.8 Å². The number of nitrogens with one attached hydrogen (secondary N) is 1. The molecule has 9 rings (SSSR count). The first-order valence-corrected chi connectivity index (χ1v) is 34.4. The van der Waals surface area contributed by atoms with Gasteiger partial charge in [-0.25, -0.2) is 14.8 Å². The smallest absolute Gasteiger partial charge is 0.374 e. The Kier molecular flexibility index (Phi) is 24.9. The molecule has 20 nitrogen and oxygen atoms in total. The molecule has 0 radical (unpaired) electrons. The highest BCUT2D eigenvalue weighted by atomic mass is 32.1. The predicted octanol–water partition coefficient (Wildman–Crippen LogP) is 11.8. The van der Waals surface area contributed by atoms with Gasteiger partial charge < -0.3 is 42.4 Å². The van der Waals surface area contributed by atoms with E-state index >= 15 is 0 Å². The first kappa shape index (κ1) is 66.6. The largest absolute Gasteiger partial charge is 0.500 e. The first-order chi connectivity index (χ1) is 41.6. The Hall–Kier alpha value is -6.95. The van der Waals surface area contributed by atoms with Crippen LogP contribution >= 0.6 is 23.5 Å². The number of carbonyl (C=O) groups excluding carboxylic acids is 4. The molecule has 8 aromatic rings. The first-order valence-electron chi connectivity index (χ1n) is 29.1. The Bertz CT molecular complexity index is 3490. The van der Waals surface area contributed by atoms with Crippen LogP contribution < -0.4 is 11.1 Å². The van der Waals surface area contributed by atoms with Gasteiger partial charge in [0.05, 0.1) is 23.5 Å². The summed E-state index contributed by atoms with van der Waals surface area (Å²) < 4.78 is 52.9. The van der Waals surface area contributed by atoms with E-state index in [0.717, 1.165) is 74.9 Å². The highest BCUT2D eigenvalue weighted by molar-refractivity contribution is 7.00. The van der Waals surface area contributed by atoms with Crippen molar-refractivity contribution in [2.24, 2.45) is 5.73 Å². The van der Waals surface area contributed by atoms with Crippen LogP contribution in [0.15, 0.2) is 97.1 Å². The van der Waals surface area contributed by atoms with E-state index in [1.165, 1.54) is 0 Å². The molecule has 5 heterocycles. The molecule has 0 saturated carbocycles. The molecule has 456 valence electrons. The van der Waals surface area contributed by atoms with Crippen molar-refractivity contribution in [1.82, 2.24) is 37.8 Å². The number of hydrogen-bond acceptors (Lipinski definition) is 20. The standard InChI is InChI=1S/C29H36N4O4SSi.C24H18N4O4S.C9H23NO3Si/c1-6-35-39(36-7-2,37-8-3)19-9-18-30-29(34)27-24(22-14-10-20(4)11-15-22)26-28(33-38-32-26)25(31-27)23-16-12-21(5)13-17-23;1-13-3-7-15(8-4-13)19-21-23(27-33-26-21)20(16-9-5-14(2)6-10-16)25-22(19)24(31)32-28-17(29)11-12-18(28)30;1-4-11-14(12-5-2,13-6-3)9-7-8-10/h10-17H,6-9,18-19H2,1-5H3,(H,30,34);3-10H,11-12H2,1-2H3;4-10H2,1-3H3. The van der Waals surface area contributed by atoms with E-state index in [0.29, 0.717) is 126 Å². The fraction of sp³-hybridized carbons (Fsp3) is 0.387. The van der Waals surface area contributed by atoms with Crippen molar-refractivity contribution in [1.29, 1.82) is 0 Å².